The zero-order chi connectivity index (χ0) is 14.9. The number of hydrogen-bond acceptors (Lipinski definition) is 3. The van der Waals surface area contributed by atoms with Crippen LogP contribution in [-0.2, 0) is 9.47 Å². The Bertz CT molecular complexity index is 223. The Morgan fingerprint density at radius 2 is 1.35 bits per heavy atom. The summed E-state index contributed by atoms with van der Waals surface area (Å²) in [5.41, 5.74) is 0. The summed E-state index contributed by atoms with van der Waals surface area (Å²) >= 11 is 0. The Morgan fingerprint density at radius 1 is 0.800 bits per heavy atom. The maximum atomic E-state index is 5.51. The summed E-state index contributed by atoms with van der Waals surface area (Å²) in [6.07, 6.45) is 5.64. The van der Waals surface area contributed by atoms with Crippen molar-refractivity contribution in [3.05, 3.63) is 0 Å². The monoisotopic (exact) mass is 287 g/mol. The number of nitrogens with zero attached hydrogens (tertiary/aromatic N) is 1. The summed E-state index contributed by atoms with van der Waals surface area (Å²) in [5, 5.41) is 6.50. The fourth-order valence-electron chi connectivity index (χ4n) is 1.54. The van der Waals surface area contributed by atoms with Crippen LogP contribution in [0.25, 0.3) is 0 Å². The lowest BCUT2D eigenvalue weighted by molar-refractivity contribution is 0.129. The van der Waals surface area contributed by atoms with Gasteiger partial charge in [0.05, 0.1) is 6.61 Å². The number of aliphatic imine (C=N–C) groups is 1. The molecular weight excluding hydrogens is 254 g/mol. The maximum absolute atomic E-state index is 5.51. The average Bonchev–Trinajstić information content (AvgIpc) is 2.47. The van der Waals surface area contributed by atoms with E-state index >= 15 is 0 Å². The van der Waals surface area contributed by atoms with E-state index in [1.54, 1.807) is 7.05 Å². The molecule has 0 aliphatic heterocycles. The van der Waals surface area contributed by atoms with E-state index in [0.717, 1.165) is 64.7 Å². The van der Waals surface area contributed by atoms with Crippen molar-refractivity contribution >= 4 is 5.96 Å². The van der Waals surface area contributed by atoms with Crippen molar-refractivity contribution in [3.63, 3.8) is 0 Å². The summed E-state index contributed by atoms with van der Waals surface area (Å²) in [6, 6.07) is 0. The molecule has 0 amide bonds. The third-order valence-corrected chi connectivity index (χ3v) is 2.80. The Hall–Kier alpha value is -0.810. The van der Waals surface area contributed by atoms with Gasteiger partial charge < -0.3 is 20.1 Å². The van der Waals surface area contributed by atoms with E-state index in [4.69, 9.17) is 9.47 Å². The highest BCUT2D eigenvalue weighted by Gasteiger charge is 1.96. The lowest BCUT2D eigenvalue weighted by Crippen LogP contribution is -2.39. The molecule has 20 heavy (non-hydrogen) atoms. The van der Waals surface area contributed by atoms with Crippen LogP contribution >= 0.6 is 0 Å². The van der Waals surface area contributed by atoms with E-state index in [-0.39, 0.29) is 0 Å². The highest BCUT2D eigenvalue weighted by Crippen LogP contribution is 1.89. The summed E-state index contributed by atoms with van der Waals surface area (Å²) in [6.45, 7) is 9.26. The smallest absolute Gasteiger partial charge is 0.191 e. The topological polar surface area (TPSA) is 54.9 Å². The highest BCUT2D eigenvalue weighted by atomic mass is 16.5. The Labute approximate surface area is 124 Å². The molecule has 0 unspecified atom stereocenters. The molecule has 0 fully saturated rings. The normalized spacial score (nSPS) is 11.7. The molecule has 0 radical (unpaired) electrons. The van der Waals surface area contributed by atoms with Crippen molar-refractivity contribution in [2.24, 2.45) is 4.99 Å². The van der Waals surface area contributed by atoms with Gasteiger partial charge in [-0.3, -0.25) is 4.99 Å². The molecular formula is C15H33N3O2. The van der Waals surface area contributed by atoms with Crippen molar-refractivity contribution < 1.29 is 9.47 Å². The maximum Gasteiger partial charge on any atom is 0.191 e. The molecule has 0 saturated carbocycles. The lowest BCUT2D eigenvalue weighted by Gasteiger charge is -2.12. The first-order valence-corrected chi connectivity index (χ1v) is 7.95. The van der Waals surface area contributed by atoms with Gasteiger partial charge in [-0.15, -0.1) is 0 Å². The van der Waals surface area contributed by atoms with Gasteiger partial charge in [-0.1, -0.05) is 26.7 Å². The van der Waals surface area contributed by atoms with Crippen molar-refractivity contribution in [3.8, 4) is 0 Å². The van der Waals surface area contributed by atoms with Gasteiger partial charge in [-0.25, -0.2) is 0 Å². The van der Waals surface area contributed by atoms with Gasteiger partial charge in [0.15, 0.2) is 5.96 Å². The summed E-state index contributed by atoms with van der Waals surface area (Å²) in [7, 11) is 1.78. The van der Waals surface area contributed by atoms with Gasteiger partial charge >= 0.3 is 0 Å². The molecule has 0 aliphatic rings. The standard InChI is InChI=1S/C15H33N3O2/c1-4-6-11-19-13-8-9-17-15(16-3)18-10-14-20-12-7-5-2/h4-14H2,1-3H3,(H2,16,17,18). The van der Waals surface area contributed by atoms with E-state index in [1.165, 1.54) is 12.8 Å². The molecule has 0 atom stereocenters. The zero-order valence-corrected chi connectivity index (χ0v) is 13.5. The van der Waals surface area contributed by atoms with E-state index < -0.39 is 0 Å². The third kappa shape index (κ3) is 13.6. The second kappa shape index (κ2) is 16.2. The Morgan fingerprint density at radius 3 is 1.95 bits per heavy atom. The molecule has 0 aromatic rings. The molecule has 0 rings (SSSR count). The molecule has 0 aliphatic carbocycles. The zero-order valence-electron chi connectivity index (χ0n) is 13.5. The predicted octanol–water partition coefficient (Wildman–Crippen LogP) is 2.17. The van der Waals surface area contributed by atoms with Crippen molar-refractivity contribution in [2.75, 3.05) is 46.6 Å². The fourth-order valence-corrected chi connectivity index (χ4v) is 1.54. The van der Waals surface area contributed by atoms with Gasteiger partial charge in [0.1, 0.15) is 0 Å². The molecule has 2 N–H and O–H groups in total. The molecule has 0 spiro atoms. The Kier molecular flexibility index (Phi) is 15.6. The van der Waals surface area contributed by atoms with Crippen LogP contribution in [-0.4, -0.2) is 52.5 Å². The molecule has 120 valence electrons. The van der Waals surface area contributed by atoms with Crippen LogP contribution in [0, 0.1) is 0 Å². The molecule has 0 aromatic carbocycles. The largest absolute Gasteiger partial charge is 0.381 e. The van der Waals surface area contributed by atoms with Gasteiger partial charge in [0.25, 0.3) is 0 Å². The highest BCUT2D eigenvalue weighted by molar-refractivity contribution is 5.79. The molecule has 5 heteroatoms. The minimum atomic E-state index is 0.723. The van der Waals surface area contributed by atoms with Crippen molar-refractivity contribution in [1.82, 2.24) is 10.6 Å². The first kappa shape index (κ1) is 19.2. The molecule has 0 heterocycles. The van der Waals surface area contributed by atoms with Crippen LogP contribution in [0.4, 0.5) is 0 Å². The molecule has 5 nitrogen and oxygen atoms in total. The van der Waals surface area contributed by atoms with Crippen molar-refractivity contribution in [2.45, 2.75) is 46.0 Å². The SMILES string of the molecule is CCCCOCCCNC(=NC)NCCOCCCC. The van der Waals surface area contributed by atoms with Gasteiger partial charge in [0, 0.05) is 40.0 Å². The number of hydrogen-bond donors (Lipinski definition) is 2. The number of unbranched alkanes of at least 4 members (excludes halogenated alkanes) is 2. The third-order valence-electron chi connectivity index (χ3n) is 2.80. The number of guanidine groups is 1. The minimum absolute atomic E-state index is 0.723. The van der Waals surface area contributed by atoms with Crippen molar-refractivity contribution in [1.29, 1.82) is 0 Å². The molecule has 0 saturated heterocycles. The van der Waals surface area contributed by atoms with Crippen LogP contribution in [0.2, 0.25) is 0 Å². The van der Waals surface area contributed by atoms with E-state index in [1.807, 2.05) is 0 Å². The minimum Gasteiger partial charge on any atom is -0.381 e. The number of rotatable bonds is 13. The van der Waals surface area contributed by atoms with Gasteiger partial charge in [-0.05, 0) is 19.3 Å². The quantitative estimate of drug-likeness (QED) is 0.310. The Balaban J connectivity index is 3.35. The summed E-state index contributed by atoms with van der Waals surface area (Å²) in [5.74, 6) is 0.831. The lowest BCUT2D eigenvalue weighted by atomic mass is 10.4. The number of ether oxygens (including phenoxy) is 2. The van der Waals surface area contributed by atoms with E-state index in [0.29, 0.717) is 0 Å². The summed E-state index contributed by atoms with van der Waals surface area (Å²) < 4.78 is 11.0. The van der Waals surface area contributed by atoms with Gasteiger partial charge in [-0.2, -0.15) is 0 Å². The second-order valence-corrected chi connectivity index (χ2v) is 4.71. The molecule has 0 aromatic heterocycles. The van der Waals surface area contributed by atoms with Crippen LogP contribution in [0.5, 0.6) is 0 Å². The van der Waals surface area contributed by atoms with Gasteiger partial charge in [0.2, 0.25) is 0 Å². The first-order chi connectivity index (χ1) is 9.85. The van der Waals surface area contributed by atoms with Crippen LogP contribution < -0.4 is 10.6 Å². The average molecular weight is 287 g/mol. The first-order valence-electron chi connectivity index (χ1n) is 7.95. The van der Waals surface area contributed by atoms with Crippen LogP contribution in [0.15, 0.2) is 4.99 Å². The molecule has 0 bridgehead atoms. The van der Waals surface area contributed by atoms with Crippen LogP contribution in [0.1, 0.15) is 46.0 Å². The predicted molar refractivity (Wildman–Crippen MR) is 85.4 cm³/mol. The van der Waals surface area contributed by atoms with Crippen LogP contribution in [0.3, 0.4) is 0 Å². The van der Waals surface area contributed by atoms with E-state index in [2.05, 4.69) is 29.5 Å². The van der Waals surface area contributed by atoms with E-state index in [9.17, 15) is 0 Å². The fraction of sp³-hybridized carbons (Fsp3) is 0.933. The summed E-state index contributed by atoms with van der Waals surface area (Å²) in [4.78, 5) is 4.17. The second-order valence-electron chi connectivity index (χ2n) is 4.71. The number of nitrogens with one attached hydrogen (secondary N) is 2.